The van der Waals surface area contributed by atoms with Crippen LogP contribution in [0.5, 0.6) is 5.88 Å². The molecule has 3 fully saturated rings. The summed E-state index contributed by atoms with van der Waals surface area (Å²) < 4.78 is 14.2. The van der Waals surface area contributed by atoms with Gasteiger partial charge >= 0.3 is 0 Å². The van der Waals surface area contributed by atoms with Gasteiger partial charge in [-0.2, -0.15) is 5.10 Å². The number of rotatable bonds is 6. The van der Waals surface area contributed by atoms with Crippen molar-refractivity contribution >= 4 is 17.9 Å². The topological polar surface area (TPSA) is 84.8 Å². The zero-order valence-corrected chi connectivity index (χ0v) is 25.0. The molecule has 0 unspecified atom stereocenters. The van der Waals surface area contributed by atoms with E-state index in [1.807, 2.05) is 17.2 Å². The fourth-order valence-corrected chi connectivity index (χ4v) is 8.13. The summed E-state index contributed by atoms with van der Waals surface area (Å²) in [5, 5.41) is 8.75. The standard InChI is InChI=1S/C34H42N6O3/c41-23-38-15-7-31-29(22-38)33(37-40(31)27-8-16-42-17-9-27)39-14-1-2-25-18-24(3-5-30(25)39)26-4-6-32(36-21-26)43-28-19-34(20-28)10-12-35-13-11-34/h3-6,18,21,23,27-28,35H,1-2,7-17,19-20,22H2. The van der Waals surface area contributed by atoms with Crippen LogP contribution in [0.2, 0.25) is 0 Å². The van der Waals surface area contributed by atoms with Crippen molar-refractivity contribution in [2.45, 2.75) is 76.5 Å². The van der Waals surface area contributed by atoms with E-state index < -0.39 is 0 Å². The molecule has 0 bridgehead atoms. The Morgan fingerprint density at radius 2 is 1.86 bits per heavy atom. The van der Waals surface area contributed by atoms with Crippen LogP contribution in [0.25, 0.3) is 11.1 Å². The molecule has 1 N–H and O–H groups in total. The summed E-state index contributed by atoms with van der Waals surface area (Å²) in [4.78, 5) is 20.7. The number of fused-ring (bicyclic) bond motifs is 2. The molecule has 5 aliphatic rings. The number of benzene rings is 1. The Morgan fingerprint density at radius 1 is 1.02 bits per heavy atom. The van der Waals surface area contributed by atoms with Crippen LogP contribution in [0, 0.1) is 5.41 Å². The number of amides is 1. The van der Waals surface area contributed by atoms with Crippen LogP contribution in [0.15, 0.2) is 36.5 Å². The number of carbonyl (C=O) groups is 1. The van der Waals surface area contributed by atoms with Crippen LogP contribution in [0.3, 0.4) is 0 Å². The van der Waals surface area contributed by atoms with Gasteiger partial charge in [-0.1, -0.05) is 6.07 Å². The van der Waals surface area contributed by atoms with Crippen molar-refractivity contribution < 1.29 is 14.3 Å². The highest BCUT2D eigenvalue weighted by Crippen LogP contribution is 2.49. The van der Waals surface area contributed by atoms with Gasteiger partial charge in [0.1, 0.15) is 6.10 Å². The minimum Gasteiger partial charge on any atom is -0.474 e. The van der Waals surface area contributed by atoms with Gasteiger partial charge in [-0.15, -0.1) is 0 Å². The lowest BCUT2D eigenvalue weighted by Crippen LogP contribution is -2.49. The number of carbonyl (C=O) groups excluding carboxylic acids is 1. The number of hydrogen-bond donors (Lipinski definition) is 1. The average molecular weight is 583 g/mol. The number of anilines is 2. The van der Waals surface area contributed by atoms with E-state index in [1.54, 1.807) is 0 Å². The van der Waals surface area contributed by atoms with E-state index in [0.29, 0.717) is 24.1 Å². The highest BCUT2D eigenvalue weighted by atomic mass is 16.5. The maximum atomic E-state index is 11.7. The molecule has 226 valence electrons. The molecule has 9 nitrogen and oxygen atoms in total. The summed E-state index contributed by atoms with van der Waals surface area (Å²) in [6.45, 7) is 6.15. The lowest BCUT2D eigenvalue weighted by molar-refractivity contribution is -0.118. The van der Waals surface area contributed by atoms with Crippen LogP contribution in [0.4, 0.5) is 11.5 Å². The number of piperidine rings is 1. The molecule has 2 aromatic heterocycles. The highest BCUT2D eigenvalue weighted by molar-refractivity contribution is 5.74. The average Bonchev–Trinajstić information content (AvgIpc) is 3.43. The van der Waals surface area contributed by atoms with E-state index >= 15 is 0 Å². The quantitative estimate of drug-likeness (QED) is 0.418. The van der Waals surface area contributed by atoms with Crippen molar-refractivity contribution in [3.05, 3.63) is 53.3 Å². The predicted octanol–water partition coefficient (Wildman–Crippen LogP) is 4.81. The summed E-state index contributed by atoms with van der Waals surface area (Å²) in [6, 6.07) is 11.3. The van der Waals surface area contributed by atoms with Crippen molar-refractivity contribution in [3.8, 4) is 17.0 Å². The van der Waals surface area contributed by atoms with Gasteiger partial charge in [0.2, 0.25) is 12.3 Å². The number of nitrogens with zero attached hydrogens (tertiary/aromatic N) is 5. The molecule has 0 radical (unpaired) electrons. The van der Waals surface area contributed by atoms with E-state index in [-0.39, 0.29) is 0 Å². The van der Waals surface area contributed by atoms with Crippen LogP contribution in [-0.2, 0) is 28.9 Å². The Kier molecular flexibility index (Phi) is 7.10. The number of aromatic nitrogens is 3. The van der Waals surface area contributed by atoms with Crippen molar-refractivity contribution in [1.82, 2.24) is 25.0 Å². The normalized spacial score (nSPS) is 22.1. The Morgan fingerprint density at radius 3 is 2.65 bits per heavy atom. The Labute approximate surface area is 253 Å². The maximum Gasteiger partial charge on any atom is 0.213 e. The summed E-state index contributed by atoms with van der Waals surface area (Å²) in [5.41, 5.74) is 7.86. The van der Waals surface area contributed by atoms with Crippen molar-refractivity contribution in [1.29, 1.82) is 0 Å². The highest BCUT2D eigenvalue weighted by Gasteiger charge is 2.46. The van der Waals surface area contributed by atoms with Crippen LogP contribution in [0.1, 0.15) is 67.8 Å². The first kappa shape index (κ1) is 27.1. The minimum atomic E-state index is 0.297. The molecule has 43 heavy (non-hydrogen) atoms. The SMILES string of the molecule is O=CN1CCc2c(c(N3CCCc4cc(-c5ccc(OC6CC7(CCNCC7)C6)nc5)ccc43)nn2C2CCOCC2)C1. The van der Waals surface area contributed by atoms with Gasteiger partial charge in [0, 0.05) is 67.5 Å². The summed E-state index contributed by atoms with van der Waals surface area (Å²) >= 11 is 0. The first-order chi connectivity index (χ1) is 21.2. The zero-order chi connectivity index (χ0) is 28.8. The predicted molar refractivity (Wildman–Crippen MR) is 165 cm³/mol. The fraction of sp³-hybridized carbons (Fsp3) is 0.559. The number of hydrogen-bond acceptors (Lipinski definition) is 7. The minimum absolute atomic E-state index is 0.297. The van der Waals surface area contributed by atoms with Gasteiger partial charge in [-0.3, -0.25) is 9.48 Å². The molecule has 4 aliphatic heterocycles. The number of aryl methyl sites for hydroxylation is 1. The molecule has 6 heterocycles. The molecule has 1 aromatic carbocycles. The molecule has 3 aromatic rings. The van der Waals surface area contributed by atoms with Crippen LogP contribution >= 0.6 is 0 Å². The second-order valence-electron chi connectivity index (χ2n) is 13.2. The summed E-state index contributed by atoms with van der Waals surface area (Å²) in [5.74, 6) is 1.75. The van der Waals surface area contributed by atoms with Crippen LogP contribution < -0.4 is 15.0 Å². The lowest BCUT2D eigenvalue weighted by atomic mass is 9.62. The van der Waals surface area contributed by atoms with Gasteiger partial charge in [-0.25, -0.2) is 4.98 Å². The molecule has 1 amide bonds. The number of pyridine rings is 1. The van der Waals surface area contributed by atoms with Crippen molar-refractivity contribution in [2.24, 2.45) is 5.41 Å². The second kappa shape index (κ2) is 11.2. The number of ether oxygens (including phenoxy) is 2. The van der Waals surface area contributed by atoms with Gasteiger partial charge in [-0.05, 0) is 99.2 Å². The molecular formula is C34H42N6O3. The zero-order valence-electron chi connectivity index (χ0n) is 25.0. The first-order valence-corrected chi connectivity index (χ1v) is 16.3. The summed E-state index contributed by atoms with van der Waals surface area (Å²) in [7, 11) is 0. The monoisotopic (exact) mass is 582 g/mol. The molecule has 2 saturated heterocycles. The molecule has 8 rings (SSSR count). The van der Waals surface area contributed by atoms with Gasteiger partial charge in [0.15, 0.2) is 5.82 Å². The van der Waals surface area contributed by atoms with Gasteiger partial charge in [0.25, 0.3) is 0 Å². The Hall–Kier alpha value is -3.43. The Balaban J connectivity index is 1.02. The van der Waals surface area contributed by atoms with E-state index in [4.69, 9.17) is 19.6 Å². The van der Waals surface area contributed by atoms with Crippen molar-refractivity contribution in [2.75, 3.05) is 44.3 Å². The second-order valence-corrected chi connectivity index (χ2v) is 13.2. The molecule has 0 atom stereocenters. The summed E-state index contributed by atoms with van der Waals surface area (Å²) in [6.07, 6.45) is 13.0. The van der Waals surface area contributed by atoms with Crippen molar-refractivity contribution in [3.63, 3.8) is 0 Å². The largest absolute Gasteiger partial charge is 0.474 e. The molecule has 1 aliphatic carbocycles. The van der Waals surface area contributed by atoms with E-state index in [0.717, 1.165) is 108 Å². The smallest absolute Gasteiger partial charge is 0.213 e. The lowest BCUT2D eigenvalue weighted by Gasteiger charge is -2.49. The third-order valence-electron chi connectivity index (χ3n) is 10.6. The Bertz CT molecular complexity index is 1470. The van der Waals surface area contributed by atoms with Gasteiger partial charge < -0.3 is 24.6 Å². The fourth-order valence-electron chi connectivity index (χ4n) is 8.13. The van der Waals surface area contributed by atoms with E-state index in [2.05, 4.69) is 39.2 Å². The van der Waals surface area contributed by atoms with Crippen LogP contribution in [-0.4, -0.2) is 71.6 Å². The van der Waals surface area contributed by atoms with E-state index in [9.17, 15) is 4.79 Å². The molecular weight excluding hydrogens is 540 g/mol. The van der Waals surface area contributed by atoms with E-state index in [1.165, 1.54) is 40.9 Å². The number of nitrogens with one attached hydrogen (secondary N) is 1. The maximum absolute atomic E-state index is 11.7. The van der Waals surface area contributed by atoms with Gasteiger partial charge in [0.05, 0.1) is 12.6 Å². The third-order valence-corrected chi connectivity index (χ3v) is 10.6. The molecule has 1 saturated carbocycles. The molecule has 1 spiro atoms. The third kappa shape index (κ3) is 5.10. The molecule has 9 heteroatoms. The first-order valence-electron chi connectivity index (χ1n) is 16.3.